The molecule has 3 rings (SSSR count). The third kappa shape index (κ3) is 6.33. The van der Waals surface area contributed by atoms with E-state index >= 15 is 0 Å². The first-order valence-corrected chi connectivity index (χ1v) is 9.83. The smallest absolute Gasteiger partial charge is 0.198 e. The van der Waals surface area contributed by atoms with Gasteiger partial charge in [0.2, 0.25) is 0 Å². The number of benzene rings is 1. The molecule has 0 aliphatic carbocycles. The van der Waals surface area contributed by atoms with Gasteiger partial charge in [0.05, 0.1) is 13.2 Å². The molecule has 0 aromatic heterocycles. The number of aliphatic imine (C=N–C) groups is 1. The van der Waals surface area contributed by atoms with Gasteiger partial charge >= 0.3 is 0 Å². The molecular weight excluding hydrogens is 312 g/mol. The molecule has 2 fully saturated rings. The minimum atomic E-state index is 0.887. The fourth-order valence-electron chi connectivity index (χ4n) is 3.43. The van der Waals surface area contributed by atoms with Gasteiger partial charge in [-0.1, -0.05) is 18.2 Å². The van der Waals surface area contributed by atoms with E-state index in [1.165, 1.54) is 32.2 Å². The van der Waals surface area contributed by atoms with Crippen molar-refractivity contribution in [2.45, 2.75) is 32.1 Å². The van der Waals surface area contributed by atoms with Crippen LogP contribution in [0.4, 0.5) is 5.69 Å². The highest BCUT2D eigenvalue weighted by Crippen LogP contribution is 2.13. The van der Waals surface area contributed by atoms with Crippen molar-refractivity contribution >= 4 is 11.6 Å². The molecule has 0 spiro atoms. The van der Waals surface area contributed by atoms with Crippen molar-refractivity contribution in [3.63, 3.8) is 0 Å². The second-order valence-electron chi connectivity index (χ2n) is 6.91. The number of unbranched alkanes of at least 4 members (excludes halogenated alkanes) is 1. The maximum atomic E-state index is 5.41. The minimum Gasteiger partial charge on any atom is -0.379 e. The molecule has 1 aromatic rings. The fraction of sp³-hybridized carbons (Fsp3) is 0.650. The quantitative estimate of drug-likeness (QED) is 0.489. The van der Waals surface area contributed by atoms with Crippen LogP contribution in [-0.4, -0.2) is 68.2 Å². The monoisotopic (exact) mass is 344 g/mol. The lowest BCUT2D eigenvalue weighted by Crippen LogP contribution is -2.40. The summed E-state index contributed by atoms with van der Waals surface area (Å²) in [4.78, 5) is 9.83. The highest BCUT2D eigenvalue weighted by Gasteiger charge is 2.15. The Morgan fingerprint density at radius 3 is 2.48 bits per heavy atom. The number of rotatable bonds is 6. The number of hydrogen-bond acceptors (Lipinski definition) is 3. The third-order valence-electron chi connectivity index (χ3n) is 4.93. The predicted octanol–water partition coefficient (Wildman–Crippen LogP) is 3.05. The average molecular weight is 345 g/mol. The van der Waals surface area contributed by atoms with E-state index in [-0.39, 0.29) is 0 Å². The molecule has 0 saturated carbocycles. The van der Waals surface area contributed by atoms with Crippen LogP contribution in [0.5, 0.6) is 0 Å². The molecule has 138 valence electrons. The van der Waals surface area contributed by atoms with Gasteiger partial charge in [0.15, 0.2) is 5.96 Å². The Balaban J connectivity index is 1.48. The summed E-state index contributed by atoms with van der Waals surface area (Å²) >= 11 is 0. The van der Waals surface area contributed by atoms with Crippen molar-refractivity contribution < 1.29 is 4.74 Å². The molecule has 2 aliphatic heterocycles. The molecule has 0 atom stereocenters. The van der Waals surface area contributed by atoms with Gasteiger partial charge in [0.25, 0.3) is 0 Å². The molecule has 1 aromatic carbocycles. The number of para-hydroxylation sites is 1. The van der Waals surface area contributed by atoms with Crippen LogP contribution in [0.3, 0.4) is 0 Å². The number of likely N-dealkylation sites (tertiary alicyclic amines) is 1. The first-order chi connectivity index (χ1) is 12.4. The molecule has 2 aliphatic rings. The van der Waals surface area contributed by atoms with Crippen LogP contribution < -0.4 is 5.32 Å². The SMILES string of the molecule is c1ccc(NC(=NCCCCN2CCOCC2)N2CCCCC2)cc1. The molecule has 25 heavy (non-hydrogen) atoms. The Morgan fingerprint density at radius 1 is 0.960 bits per heavy atom. The van der Waals surface area contributed by atoms with Crippen molar-refractivity contribution in [1.29, 1.82) is 0 Å². The molecular formula is C20H32N4O. The van der Waals surface area contributed by atoms with Crippen molar-refractivity contribution in [2.75, 3.05) is 57.8 Å². The van der Waals surface area contributed by atoms with Crippen molar-refractivity contribution in [1.82, 2.24) is 9.80 Å². The van der Waals surface area contributed by atoms with Gasteiger partial charge in [-0.2, -0.15) is 0 Å². The standard InChI is InChI=1S/C20H32N4O/c1-3-9-19(10-4-1)22-20(24-13-6-2-7-14-24)21-11-5-8-12-23-15-17-25-18-16-23/h1,3-4,9-10H,2,5-8,11-18H2,(H,21,22). The summed E-state index contributed by atoms with van der Waals surface area (Å²) in [6.07, 6.45) is 6.24. The maximum Gasteiger partial charge on any atom is 0.198 e. The van der Waals surface area contributed by atoms with Crippen LogP contribution in [0.1, 0.15) is 32.1 Å². The molecule has 2 heterocycles. The van der Waals surface area contributed by atoms with E-state index in [1.807, 2.05) is 0 Å². The van der Waals surface area contributed by atoms with Crippen LogP contribution >= 0.6 is 0 Å². The number of hydrogen-bond donors (Lipinski definition) is 1. The van der Waals surface area contributed by atoms with E-state index in [9.17, 15) is 0 Å². The summed E-state index contributed by atoms with van der Waals surface area (Å²) in [6, 6.07) is 10.4. The number of piperidine rings is 1. The van der Waals surface area contributed by atoms with Crippen LogP contribution in [0.25, 0.3) is 0 Å². The number of nitrogens with one attached hydrogen (secondary N) is 1. The summed E-state index contributed by atoms with van der Waals surface area (Å²) in [5.41, 5.74) is 1.13. The van der Waals surface area contributed by atoms with E-state index in [2.05, 4.69) is 45.4 Å². The third-order valence-corrected chi connectivity index (χ3v) is 4.93. The van der Waals surface area contributed by atoms with Crippen LogP contribution in [0.2, 0.25) is 0 Å². The van der Waals surface area contributed by atoms with Gasteiger partial charge < -0.3 is 15.0 Å². The fourth-order valence-corrected chi connectivity index (χ4v) is 3.43. The molecule has 0 radical (unpaired) electrons. The summed E-state index contributed by atoms with van der Waals surface area (Å²) in [7, 11) is 0. The molecule has 0 amide bonds. The lowest BCUT2D eigenvalue weighted by molar-refractivity contribution is 0.0373. The van der Waals surface area contributed by atoms with Gasteiger partial charge in [-0.3, -0.25) is 9.89 Å². The Kier molecular flexibility index (Phi) is 7.58. The molecule has 5 heteroatoms. The Bertz CT molecular complexity index is 508. The summed E-state index contributed by atoms with van der Waals surface area (Å²) in [5, 5.41) is 3.54. The summed E-state index contributed by atoms with van der Waals surface area (Å²) in [5.74, 6) is 1.05. The number of nitrogens with zero attached hydrogens (tertiary/aromatic N) is 3. The molecule has 1 N–H and O–H groups in total. The topological polar surface area (TPSA) is 40.1 Å². The van der Waals surface area contributed by atoms with Crippen molar-refractivity contribution in [2.24, 2.45) is 4.99 Å². The Hall–Kier alpha value is -1.59. The Morgan fingerprint density at radius 2 is 1.72 bits per heavy atom. The van der Waals surface area contributed by atoms with Gasteiger partial charge in [-0.25, -0.2) is 0 Å². The lowest BCUT2D eigenvalue weighted by Gasteiger charge is -2.30. The van der Waals surface area contributed by atoms with Crippen LogP contribution in [0, 0.1) is 0 Å². The number of anilines is 1. The first kappa shape index (κ1) is 18.2. The Labute approximate surface area is 152 Å². The zero-order valence-corrected chi connectivity index (χ0v) is 15.3. The molecule has 2 saturated heterocycles. The molecule has 5 nitrogen and oxygen atoms in total. The van der Waals surface area contributed by atoms with E-state index in [1.54, 1.807) is 0 Å². The molecule has 0 unspecified atom stereocenters. The van der Waals surface area contributed by atoms with E-state index in [4.69, 9.17) is 9.73 Å². The van der Waals surface area contributed by atoms with Gasteiger partial charge in [0, 0.05) is 38.4 Å². The normalized spacial score (nSPS) is 19.8. The number of ether oxygens (including phenoxy) is 1. The zero-order valence-electron chi connectivity index (χ0n) is 15.3. The molecule has 0 bridgehead atoms. The zero-order chi connectivity index (χ0) is 17.2. The predicted molar refractivity (Wildman–Crippen MR) is 104 cm³/mol. The number of guanidine groups is 1. The van der Waals surface area contributed by atoms with Crippen molar-refractivity contribution in [3.05, 3.63) is 30.3 Å². The highest BCUT2D eigenvalue weighted by molar-refractivity contribution is 5.93. The van der Waals surface area contributed by atoms with Crippen LogP contribution in [0.15, 0.2) is 35.3 Å². The first-order valence-electron chi connectivity index (χ1n) is 9.83. The highest BCUT2D eigenvalue weighted by atomic mass is 16.5. The second-order valence-corrected chi connectivity index (χ2v) is 6.91. The minimum absolute atomic E-state index is 0.887. The summed E-state index contributed by atoms with van der Waals surface area (Å²) < 4.78 is 5.41. The lowest BCUT2D eigenvalue weighted by atomic mass is 10.1. The van der Waals surface area contributed by atoms with Gasteiger partial charge in [-0.15, -0.1) is 0 Å². The van der Waals surface area contributed by atoms with Crippen molar-refractivity contribution in [3.8, 4) is 0 Å². The second kappa shape index (κ2) is 10.4. The average Bonchev–Trinajstić information content (AvgIpc) is 2.69. The van der Waals surface area contributed by atoms with E-state index in [0.717, 1.165) is 64.0 Å². The van der Waals surface area contributed by atoms with Gasteiger partial charge in [0.1, 0.15) is 0 Å². The maximum absolute atomic E-state index is 5.41. The largest absolute Gasteiger partial charge is 0.379 e. The summed E-state index contributed by atoms with van der Waals surface area (Å²) in [6.45, 7) is 8.24. The van der Waals surface area contributed by atoms with E-state index < -0.39 is 0 Å². The van der Waals surface area contributed by atoms with Gasteiger partial charge in [-0.05, 0) is 50.8 Å². The number of morpholine rings is 1. The van der Waals surface area contributed by atoms with Crippen LogP contribution in [-0.2, 0) is 4.74 Å². The van der Waals surface area contributed by atoms with E-state index in [0.29, 0.717) is 0 Å².